The summed E-state index contributed by atoms with van der Waals surface area (Å²) < 4.78 is 7.99. The minimum atomic E-state index is -0.194. The van der Waals surface area contributed by atoms with Gasteiger partial charge < -0.3 is 9.64 Å². The van der Waals surface area contributed by atoms with Gasteiger partial charge in [0.2, 0.25) is 5.91 Å². The van der Waals surface area contributed by atoms with Crippen LogP contribution in [-0.2, 0) is 29.1 Å². The molecule has 8 heteroatoms. The van der Waals surface area contributed by atoms with E-state index in [0.29, 0.717) is 29.9 Å². The van der Waals surface area contributed by atoms with Gasteiger partial charge in [0, 0.05) is 30.5 Å². The monoisotopic (exact) mass is 414 g/mol. The molecule has 0 spiro atoms. The lowest BCUT2D eigenvalue weighted by Crippen LogP contribution is -2.36. The van der Waals surface area contributed by atoms with Crippen molar-refractivity contribution in [2.45, 2.75) is 59.3 Å². The summed E-state index contributed by atoms with van der Waals surface area (Å²) in [6.07, 6.45) is 3.16. The fraction of sp³-hybridized carbons (Fsp3) is 0.524. The fourth-order valence-corrected chi connectivity index (χ4v) is 4.85. The number of carbonyl (C=O) groups is 1. The molecule has 4 heterocycles. The van der Waals surface area contributed by atoms with E-state index in [4.69, 9.17) is 9.72 Å². The van der Waals surface area contributed by atoms with Gasteiger partial charge >= 0.3 is 0 Å². The van der Waals surface area contributed by atoms with E-state index < -0.39 is 0 Å². The van der Waals surface area contributed by atoms with Gasteiger partial charge in [-0.05, 0) is 33.3 Å². The Morgan fingerprint density at radius 3 is 2.79 bits per heavy atom. The highest BCUT2D eigenvalue weighted by Crippen LogP contribution is 2.35. The molecule has 0 bridgehead atoms. The number of ether oxygens (including phenoxy) is 1. The molecule has 0 saturated heterocycles. The Labute approximate surface area is 173 Å². The zero-order valence-corrected chi connectivity index (χ0v) is 18.1. The number of nitrogens with zero attached hydrogens (tertiary/aromatic N) is 4. The second kappa shape index (κ2) is 7.50. The zero-order chi connectivity index (χ0) is 20.8. The van der Waals surface area contributed by atoms with E-state index >= 15 is 0 Å². The largest absolute Gasteiger partial charge is 0.370 e. The van der Waals surface area contributed by atoms with Gasteiger partial charge in [-0.1, -0.05) is 6.92 Å². The Morgan fingerprint density at radius 1 is 1.34 bits per heavy atom. The van der Waals surface area contributed by atoms with Crippen molar-refractivity contribution in [3.63, 3.8) is 0 Å². The Hall–Kier alpha value is -2.32. The minimum absolute atomic E-state index is 0.00429. The molecule has 0 fully saturated rings. The van der Waals surface area contributed by atoms with Gasteiger partial charge in [0.05, 0.1) is 29.7 Å². The normalized spacial score (nSPS) is 18.9. The number of fused-ring (bicyclic) bond motifs is 4. The molecule has 4 rings (SSSR count). The first kappa shape index (κ1) is 20.0. The van der Waals surface area contributed by atoms with E-state index in [2.05, 4.69) is 24.9 Å². The topological polar surface area (TPSA) is 77.3 Å². The van der Waals surface area contributed by atoms with Crippen LogP contribution < -0.4 is 5.56 Å². The van der Waals surface area contributed by atoms with E-state index in [-0.39, 0.29) is 23.6 Å². The van der Waals surface area contributed by atoms with E-state index in [1.54, 1.807) is 4.90 Å². The molecule has 1 aliphatic heterocycles. The van der Waals surface area contributed by atoms with Crippen LogP contribution in [0, 0.1) is 0 Å². The van der Waals surface area contributed by atoms with Crippen LogP contribution in [0.25, 0.3) is 20.4 Å². The van der Waals surface area contributed by atoms with Gasteiger partial charge in [0.15, 0.2) is 0 Å². The van der Waals surface area contributed by atoms with E-state index in [1.807, 2.05) is 13.8 Å². The summed E-state index contributed by atoms with van der Waals surface area (Å²) in [5, 5.41) is 0.881. The Morgan fingerprint density at radius 2 is 2.10 bits per heavy atom. The van der Waals surface area contributed by atoms with Crippen molar-refractivity contribution in [3.05, 3.63) is 34.0 Å². The molecule has 0 saturated carbocycles. The van der Waals surface area contributed by atoms with Crippen molar-refractivity contribution in [1.29, 1.82) is 0 Å². The quantitative estimate of drug-likeness (QED) is 0.641. The van der Waals surface area contributed by atoms with Crippen molar-refractivity contribution >= 4 is 37.7 Å². The molecule has 1 atom stereocenters. The number of rotatable bonds is 5. The molecule has 0 aromatic carbocycles. The van der Waals surface area contributed by atoms with Crippen LogP contribution in [0.15, 0.2) is 17.2 Å². The Balaban J connectivity index is 1.76. The number of hydrogen-bond donors (Lipinski definition) is 0. The molecule has 0 unspecified atom stereocenters. The molecule has 0 radical (unpaired) electrons. The van der Waals surface area contributed by atoms with Gasteiger partial charge in [0.25, 0.3) is 5.56 Å². The molecule has 7 nitrogen and oxygen atoms in total. The van der Waals surface area contributed by atoms with Crippen LogP contribution in [0.3, 0.4) is 0 Å². The summed E-state index contributed by atoms with van der Waals surface area (Å²) in [6.45, 7) is 9.86. The van der Waals surface area contributed by atoms with Crippen molar-refractivity contribution in [2.75, 3.05) is 13.1 Å². The van der Waals surface area contributed by atoms with Crippen LogP contribution in [0.5, 0.6) is 0 Å². The average Bonchev–Trinajstić information content (AvgIpc) is 3.07. The molecule has 3 aromatic rings. The molecule has 1 aliphatic rings. The number of likely N-dealkylation sites (N-methyl/N-ethyl adjacent to an activating group) is 1. The summed E-state index contributed by atoms with van der Waals surface area (Å²) in [4.78, 5) is 37.3. The number of amides is 1. The number of hydrogen-bond acceptors (Lipinski definition) is 6. The fourth-order valence-electron chi connectivity index (χ4n) is 3.77. The third-order valence-corrected chi connectivity index (χ3v) is 6.97. The summed E-state index contributed by atoms with van der Waals surface area (Å²) in [5.41, 5.74) is 2.37. The van der Waals surface area contributed by atoms with Gasteiger partial charge in [-0.25, -0.2) is 9.97 Å². The predicted octanol–water partition coefficient (Wildman–Crippen LogP) is 3.12. The van der Waals surface area contributed by atoms with Gasteiger partial charge in [-0.3, -0.25) is 14.2 Å². The zero-order valence-electron chi connectivity index (χ0n) is 17.3. The summed E-state index contributed by atoms with van der Waals surface area (Å²) in [7, 11) is 0. The second-order valence-corrected chi connectivity index (χ2v) is 8.74. The molecular weight excluding hydrogens is 388 g/mol. The maximum Gasteiger partial charge on any atom is 0.271 e. The smallest absolute Gasteiger partial charge is 0.271 e. The summed E-state index contributed by atoms with van der Waals surface area (Å²) in [5.74, 6) is -0.0797. The minimum Gasteiger partial charge on any atom is -0.370 e. The highest BCUT2D eigenvalue weighted by Gasteiger charge is 2.31. The number of pyridine rings is 1. The Kier molecular flexibility index (Phi) is 5.16. The van der Waals surface area contributed by atoms with Crippen LogP contribution in [0.1, 0.15) is 45.4 Å². The van der Waals surface area contributed by atoms with Crippen LogP contribution in [-0.4, -0.2) is 44.0 Å². The summed E-state index contributed by atoms with van der Waals surface area (Å²) >= 11 is 1.36. The molecule has 0 N–H and O–H groups in total. The van der Waals surface area contributed by atoms with Crippen molar-refractivity contribution in [2.24, 2.45) is 0 Å². The maximum absolute atomic E-state index is 13.0. The number of thiophene rings is 1. The molecular formula is C21H26N4O3S. The first-order valence-corrected chi connectivity index (χ1v) is 10.9. The van der Waals surface area contributed by atoms with Gasteiger partial charge in [0.1, 0.15) is 16.1 Å². The number of carbonyl (C=O) groups excluding carboxylic acids is 1. The molecule has 154 valence electrons. The van der Waals surface area contributed by atoms with Crippen molar-refractivity contribution in [3.8, 4) is 0 Å². The third kappa shape index (κ3) is 3.44. The molecule has 1 amide bonds. The van der Waals surface area contributed by atoms with E-state index in [1.165, 1.54) is 22.2 Å². The van der Waals surface area contributed by atoms with E-state index in [9.17, 15) is 9.59 Å². The molecule has 3 aromatic heterocycles. The van der Waals surface area contributed by atoms with Crippen molar-refractivity contribution in [1.82, 2.24) is 19.4 Å². The highest BCUT2D eigenvalue weighted by atomic mass is 32.1. The predicted molar refractivity (Wildman–Crippen MR) is 114 cm³/mol. The van der Waals surface area contributed by atoms with Crippen molar-refractivity contribution < 1.29 is 9.53 Å². The second-order valence-electron chi connectivity index (χ2n) is 7.74. The maximum atomic E-state index is 13.0. The standard InChI is InChI=1S/C21H26N4O3S/c1-5-21(4)9-15-13(11-28-21)8-14-17-18(29-19(14)23-15)20(27)25(12-22-17)10-16(26)24(6-2)7-3/h8,12H,5-7,9-11H2,1-4H3/t21-/m0/s1. The van der Waals surface area contributed by atoms with Gasteiger partial charge in [-0.2, -0.15) is 0 Å². The molecule has 29 heavy (non-hydrogen) atoms. The first-order chi connectivity index (χ1) is 13.9. The summed E-state index contributed by atoms with van der Waals surface area (Å²) in [6, 6.07) is 2.06. The van der Waals surface area contributed by atoms with E-state index in [0.717, 1.165) is 34.3 Å². The highest BCUT2D eigenvalue weighted by molar-refractivity contribution is 7.25. The van der Waals surface area contributed by atoms with Crippen LogP contribution >= 0.6 is 11.3 Å². The third-order valence-electron chi connectivity index (χ3n) is 5.89. The SMILES string of the molecule is CCN(CC)C(=O)Cn1cnc2c(sc3nc4c(cc32)CO[C@@](C)(CC)C4)c1=O. The molecule has 0 aliphatic carbocycles. The van der Waals surface area contributed by atoms with Gasteiger partial charge in [-0.15, -0.1) is 11.3 Å². The lowest BCUT2D eigenvalue weighted by atomic mass is 9.91. The van der Waals surface area contributed by atoms with Crippen LogP contribution in [0.2, 0.25) is 0 Å². The number of aromatic nitrogens is 3. The average molecular weight is 415 g/mol. The first-order valence-electron chi connectivity index (χ1n) is 10.1. The Bertz CT molecular complexity index is 1150. The van der Waals surface area contributed by atoms with Crippen LogP contribution in [0.4, 0.5) is 0 Å². The lowest BCUT2D eigenvalue weighted by molar-refractivity contribution is -0.131. The lowest BCUT2D eigenvalue weighted by Gasteiger charge is -2.33.